The van der Waals surface area contributed by atoms with Crippen molar-refractivity contribution in [3.8, 4) is 0 Å². The van der Waals surface area contributed by atoms with E-state index in [4.69, 9.17) is 4.74 Å². The van der Waals surface area contributed by atoms with Crippen molar-refractivity contribution in [3.05, 3.63) is 0 Å². The van der Waals surface area contributed by atoms with Crippen LogP contribution in [0.3, 0.4) is 0 Å². The van der Waals surface area contributed by atoms with Crippen molar-refractivity contribution < 1.29 is 19.4 Å². The number of nitrogens with one attached hydrogen (secondary N) is 2. The van der Waals surface area contributed by atoms with Crippen LogP contribution in [0, 0.1) is 11.3 Å². The zero-order valence-corrected chi connectivity index (χ0v) is 12.6. The quantitative estimate of drug-likeness (QED) is 0.692. The van der Waals surface area contributed by atoms with E-state index in [0.717, 1.165) is 6.42 Å². The summed E-state index contributed by atoms with van der Waals surface area (Å²) >= 11 is 0. The molecule has 1 saturated heterocycles. The first-order chi connectivity index (χ1) is 9.35. The maximum absolute atomic E-state index is 11.8. The van der Waals surface area contributed by atoms with Crippen LogP contribution in [0.25, 0.3) is 0 Å². The van der Waals surface area contributed by atoms with Gasteiger partial charge in [-0.2, -0.15) is 0 Å². The van der Waals surface area contributed by atoms with E-state index in [1.54, 1.807) is 0 Å². The average Bonchev–Trinajstić information content (AvgIpc) is 2.36. The van der Waals surface area contributed by atoms with Gasteiger partial charge in [0, 0.05) is 25.8 Å². The summed E-state index contributed by atoms with van der Waals surface area (Å²) in [6.07, 6.45) is 1.76. The average molecular weight is 286 g/mol. The molecule has 1 aliphatic rings. The molecule has 3 N–H and O–H groups in total. The summed E-state index contributed by atoms with van der Waals surface area (Å²) in [7, 11) is 0. The predicted octanol–water partition coefficient (Wildman–Crippen LogP) is 1.60. The van der Waals surface area contributed by atoms with Gasteiger partial charge in [-0.15, -0.1) is 0 Å². The molecule has 6 heteroatoms. The molecule has 0 bridgehead atoms. The van der Waals surface area contributed by atoms with Crippen molar-refractivity contribution in [1.29, 1.82) is 0 Å². The minimum absolute atomic E-state index is 0.0745. The first kappa shape index (κ1) is 16.8. The number of amides is 2. The molecular weight excluding hydrogens is 260 g/mol. The van der Waals surface area contributed by atoms with Crippen LogP contribution in [-0.4, -0.2) is 42.9 Å². The standard InChI is InChI=1S/C14H26N2O4/c1-10(2)8-11(3)16-13(19)15-9-14(12(17)18)4-6-20-7-5-14/h10-11H,4-9H2,1-3H3,(H,17,18)(H2,15,16,19). The van der Waals surface area contributed by atoms with E-state index in [1.807, 2.05) is 6.92 Å². The van der Waals surface area contributed by atoms with Crippen molar-refractivity contribution >= 4 is 12.0 Å². The van der Waals surface area contributed by atoms with Crippen molar-refractivity contribution in [2.75, 3.05) is 19.8 Å². The van der Waals surface area contributed by atoms with Gasteiger partial charge >= 0.3 is 12.0 Å². The maximum atomic E-state index is 11.8. The summed E-state index contributed by atoms with van der Waals surface area (Å²) in [6.45, 7) is 7.14. The van der Waals surface area contributed by atoms with Crippen LogP contribution >= 0.6 is 0 Å². The van der Waals surface area contributed by atoms with Crippen LogP contribution < -0.4 is 10.6 Å². The van der Waals surface area contributed by atoms with Crippen LogP contribution in [0.2, 0.25) is 0 Å². The second-order valence-corrected chi connectivity index (χ2v) is 6.06. The Morgan fingerprint density at radius 2 is 1.85 bits per heavy atom. The molecule has 20 heavy (non-hydrogen) atoms. The second kappa shape index (κ2) is 7.47. The van der Waals surface area contributed by atoms with Crippen molar-refractivity contribution in [3.63, 3.8) is 0 Å². The molecule has 0 aromatic carbocycles. The Balaban J connectivity index is 2.43. The minimum Gasteiger partial charge on any atom is -0.481 e. The lowest BCUT2D eigenvalue weighted by atomic mass is 9.80. The largest absolute Gasteiger partial charge is 0.481 e. The number of aliphatic carboxylic acids is 1. The number of urea groups is 1. The van der Waals surface area contributed by atoms with E-state index in [2.05, 4.69) is 24.5 Å². The molecular formula is C14H26N2O4. The van der Waals surface area contributed by atoms with Gasteiger partial charge in [-0.25, -0.2) is 4.79 Å². The van der Waals surface area contributed by atoms with Crippen molar-refractivity contribution in [2.45, 2.75) is 46.1 Å². The Bertz CT molecular complexity index is 338. The number of hydrogen-bond acceptors (Lipinski definition) is 3. The molecule has 0 aliphatic carbocycles. The molecule has 2 amide bonds. The van der Waals surface area contributed by atoms with Gasteiger partial charge in [0.25, 0.3) is 0 Å². The van der Waals surface area contributed by atoms with Gasteiger partial charge in [0.05, 0.1) is 5.41 Å². The fourth-order valence-corrected chi connectivity index (χ4v) is 2.52. The summed E-state index contributed by atoms with van der Waals surface area (Å²) < 4.78 is 5.20. The summed E-state index contributed by atoms with van der Waals surface area (Å²) in [5, 5.41) is 14.9. The van der Waals surface area contributed by atoms with Crippen molar-refractivity contribution in [2.24, 2.45) is 11.3 Å². The topological polar surface area (TPSA) is 87.7 Å². The molecule has 0 aromatic rings. The van der Waals surface area contributed by atoms with Crippen LogP contribution in [0.1, 0.15) is 40.0 Å². The van der Waals surface area contributed by atoms with Gasteiger partial charge in [0.15, 0.2) is 0 Å². The number of carboxylic acids is 1. The number of carboxylic acid groups (broad SMARTS) is 1. The fraction of sp³-hybridized carbons (Fsp3) is 0.857. The zero-order valence-electron chi connectivity index (χ0n) is 12.6. The number of hydrogen-bond donors (Lipinski definition) is 3. The highest BCUT2D eigenvalue weighted by Gasteiger charge is 2.40. The number of rotatable bonds is 6. The lowest BCUT2D eigenvalue weighted by Crippen LogP contribution is -2.50. The first-order valence-electron chi connectivity index (χ1n) is 7.21. The van der Waals surface area contributed by atoms with E-state index in [0.29, 0.717) is 32.0 Å². The van der Waals surface area contributed by atoms with Crippen LogP contribution in [0.15, 0.2) is 0 Å². The lowest BCUT2D eigenvalue weighted by Gasteiger charge is -2.33. The van der Waals surface area contributed by atoms with Crippen molar-refractivity contribution in [1.82, 2.24) is 10.6 Å². The third kappa shape index (κ3) is 5.00. The number of carbonyl (C=O) groups is 2. The summed E-state index contributed by atoms with van der Waals surface area (Å²) in [5.41, 5.74) is -0.892. The normalized spacial score (nSPS) is 19.4. The summed E-state index contributed by atoms with van der Waals surface area (Å²) in [5.74, 6) is -0.359. The minimum atomic E-state index is -0.892. The van der Waals surface area contributed by atoms with E-state index in [9.17, 15) is 14.7 Å². The van der Waals surface area contributed by atoms with E-state index in [-0.39, 0.29) is 18.6 Å². The highest BCUT2D eigenvalue weighted by molar-refractivity contribution is 5.78. The van der Waals surface area contributed by atoms with E-state index >= 15 is 0 Å². The maximum Gasteiger partial charge on any atom is 0.315 e. The highest BCUT2D eigenvalue weighted by Crippen LogP contribution is 2.30. The van der Waals surface area contributed by atoms with Gasteiger partial charge in [-0.3, -0.25) is 4.79 Å². The van der Waals surface area contributed by atoms with Gasteiger partial charge in [-0.1, -0.05) is 13.8 Å². The van der Waals surface area contributed by atoms with E-state index < -0.39 is 11.4 Å². The Labute approximate surface area is 120 Å². The molecule has 0 aromatic heterocycles. The molecule has 0 spiro atoms. The fourth-order valence-electron chi connectivity index (χ4n) is 2.52. The Morgan fingerprint density at radius 1 is 1.25 bits per heavy atom. The molecule has 1 heterocycles. The first-order valence-corrected chi connectivity index (χ1v) is 7.21. The second-order valence-electron chi connectivity index (χ2n) is 6.06. The number of carbonyl (C=O) groups excluding carboxylic acids is 1. The van der Waals surface area contributed by atoms with Crippen LogP contribution in [0.4, 0.5) is 4.79 Å². The molecule has 1 fully saturated rings. The van der Waals surface area contributed by atoms with Crippen LogP contribution in [0.5, 0.6) is 0 Å². The van der Waals surface area contributed by atoms with Gasteiger partial charge in [0.2, 0.25) is 0 Å². The monoisotopic (exact) mass is 286 g/mol. The smallest absolute Gasteiger partial charge is 0.315 e. The molecule has 1 aliphatic heterocycles. The molecule has 6 nitrogen and oxygen atoms in total. The molecule has 1 unspecified atom stereocenters. The summed E-state index contributed by atoms with van der Waals surface area (Å²) in [6, 6.07) is -0.226. The summed E-state index contributed by atoms with van der Waals surface area (Å²) in [4.78, 5) is 23.2. The zero-order chi connectivity index (χ0) is 15.2. The Hall–Kier alpha value is -1.30. The SMILES string of the molecule is CC(C)CC(C)NC(=O)NCC1(C(=O)O)CCOCC1. The van der Waals surface area contributed by atoms with Gasteiger partial charge in [-0.05, 0) is 32.1 Å². The lowest BCUT2D eigenvalue weighted by molar-refractivity contribution is -0.154. The van der Waals surface area contributed by atoms with Gasteiger partial charge in [0.1, 0.15) is 0 Å². The van der Waals surface area contributed by atoms with Gasteiger partial charge < -0.3 is 20.5 Å². The molecule has 1 atom stereocenters. The molecule has 0 saturated carbocycles. The highest BCUT2D eigenvalue weighted by atomic mass is 16.5. The van der Waals surface area contributed by atoms with Crippen LogP contribution in [-0.2, 0) is 9.53 Å². The Morgan fingerprint density at radius 3 is 2.35 bits per heavy atom. The third-order valence-corrected chi connectivity index (χ3v) is 3.69. The third-order valence-electron chi connectivity index (χ3n) is 3.69. The predicted molar refractivity (Wildman–Crippen MR) is 75.6 cm³/mol. The molecule has 0 radical (unpaired) electrons. The number of ether oxygens (including phenoxy) is 1. The van der Waals surface area contributed by atoms with E-state index in [1.165, 1.54) is 0 Å². The Kier molecular flexibility index (Phi) is 6.26. The molecule has 116 valence electrons. The molecule has 1 rings (SSSR count).